The molecule has 1 atom stereocenters. The largest absolute Gasteiger partial charge is 0.378 e. The first kappa shape index (κ1) is 13.8. The highest BCUT2D eigenvalue weighted by molar-refractivity contribution is 6.16. The molecule has 0 saturated carbocycles. The van der Waals surface area contributed by atoms with Crippen LogP contribution in [0.2, 0.25) is 0 Å². The van der Waals surface area contributed by atoms with Crippen LogP contribution in [0.15, 0.2) is 12.3 Å². The molecule has 1 fully saturated rings. The predicted molar refractivity (Wildman–Crippen MR) is 77.0 cm³/mol. The van der Waals surface area contributed by atoms with Gasteiger partial charge < -0.3 is 14.0 Å². The predicted octanol–water partition coefficient (Wildman–Crippen LogP) is 2.28. The van der Waals surface area contributed by atoms with Gasteiger partial charge in [0.25, 0.3) is 0 Å². The highest BCUT2D eigenvalue weighted by Gasteiger charge is 2.36. The SMILES string of the molecule is COC1(Cn2c(CCl)nc3c(C)ccnc32)CCOC1. The molecule has 3 heterocycles. The number of fused-ring (bicyclic) bond motifs is 1. The normalized spacial score (nSPS) is 22.8. The van der Waals surface area contributed by atoms with Crippen LogP contribution in [0.5, 0.6) is 0 Å². The number of aryl methyl sites for hydroxylation is 1. The molecule has 5 nitrogen and oxygen atoms in total. The van der Waals surface area contributed by atoms with Gasteiger partial charge in [-0.2, -0.15) is 0 Å². The Morgan fingerprint density at radius 2 is 2.40 bits per heavy atom. The maximum Gasteiger partial charge on any atom is 0.160 e. The number of rotatable bonds is 4. The maximum atomic E-state index is 6.05. The zero-order valence-corrected chi connectivity index (χ0v) is 12.5. The first-order chi connectivity index (χ1) is 9.69. The van der Waals surface area contributed by atoms with Crippen molar-refractivity contribution in [1.82, 2.24) is 14.5 Å². The van der Waals surface area contributed by atoms with Crippen LogP contribution in [0.4, 0.5) is 0 Å². The summed E-state index contributed by atoms with van der Waals surface area (Å²) in [5.41, 5.74) is 2.58. The summed E-state index contributed by atoms with van der Waals surface area (Å²) in [4.78, 5) is 9.07. The minimum absolute atomic E-state index is 0.306. The smallest absolute Gasteiger partial charge is 0.160 e. The summed E-state index contributed by atoms with van der Waals surface area (Å²) >= 11 is 6.05. The number of imidazole rings is 1. The van der Waals surface area contributed by atoms with Crippen LogP contribution in [0.1, 0.15) is 17.8 Å². The van der Waals surface area contributed by atoms with E-state index in [4.69, 9.17) is 21.1 Å². The number of alkyl halides is 1. The van der Waals surface area contributed by atoms with Crippen molar-refractivity contribution in [2.45, 2.75) is 31.4 Å². The molecule has 1 aliphatic rings. The number of pyridine rings is 1. The van der Waals surface area contributed by atoms with E-state index in [9.17, 15) is 0 Å². The highest BCUT2D eigenvalue weighted by Crippen LogP contribution is 2.28. The quantitative estimate of drug-likeness (QED) is 0.812. The lowest BCUT2D eigenvalue weighted by Gasteiger charge is -2.26. The molecular weight excluding hydrogens is 278 g/mol. The third-order valence-corrected chi connectivity index (χ3v) is 4.22. The molecule has 0 aliphatic carbocycles. The Kier molecular flexibility index (Phi) is 3.67. The van der Waals surface area contributed by atoms with Crippen molar-refractivity contribution in [2.75, 3.05) is 20.3 Å². The number of nitrogens with zero attached hydrogens (tertiary/aromatic N) is 3. The van der Waals surface area contributed by atoms with E-state index in [1.165, 1.54) is 0 Å². The third kappa shape index (κ3) is 2.20. The van der Waals surface area contributed by atoms with Gasteiger partial charge in [-0.15, -0.1) is 11.6 Å². The molecule has 1 saturated heterocycles. The van der Waals surface area contributed by atoms with Crippen molar-refractivity contribution in [1.29, 1.82) is 0 Å². The van der Waals surface area contributed by atoms with Crippen LogP contribution in [0, 0.1) is 6.92 Å². The Hall–Kier alpha value is -1.17. The van der Waals surface area contributed by atoms with Crippen LogP contribution in [0.3, 0.4) is 0 Å². The fourth-order valence-electron chi connectivity index (χ4n) is 2.68. The van der Waals surface area contributed by atoms with Gasteiger partial charge in [-0.25, -0.2) is 9.97 Å². The molecular formula is C14H18ClN3O2. The highest BCUT2D eigenvalue weighted by atomic mass is 35.5. The lowest BCUT2D eigenvalue weighted by atomic mass is 10.0. The van der Waals surface area contributed by atoms with Crippen molar-refractivity contribution >= 4 is 22.8 Å². The van der Waals surface area contributed by atoms with Gasteiger partial charge in [-0.05, 0) is 18.6 Å². The summed E-state index contributed by atoms with van der Waals surface area (Å²) in [5, 5.41) is 0. The number of halogens is 1. The summed E-state index contributed by atoms with van der Waals surface area (Å²) < 4.78 is 13.3. The van der Waals surface area contributed by atoms with Gasteiger partial charge in [-0.1, -0.05) is 0 Å². The molecule has 2 aromatic heterocycles. The van der Waals surface area contributed by atoms with E-state index >= 15 is 0 Å². The number of hydrogen-bond donors (Lipinski definition) is 0. The van der Waals surface area contributed by atoms with Gasteiger partial charge in [0.1, 0.15) is 16.9 Å². The standard InChI is InChI=1S/C14H18ClN3O2/c1-10-3-5-16-13-12(10)17-11(7-15)18(13)8-14(19-2)4-6-20-9-14/h3,5H,4,6-9H2,1-2H3. The number of hydrogen-bond acceptors (Lipinski definition) is 4. The number of aromatic nitrogens is 3. The first-order valence-electron chi connectivity index (χ1n) is 6.69. The lowest BCUT2D eigenvalue weighted by molar-refractivity contribution is -0.0292. The van der Waals surface area contributed by atoms with Crippen LogP contribution < -0.4 is 0 Å². The van der Waals surface area contributed by atoms with Gasteiger partial charge in [0.15, 0.2) is 5.65 Å². The third-order valence-electron chi connectivity index (χ3n) is 3.98. The molecule has 0 amide bonds. The Morgan fingerprint density at radius 1 is 1.55 bits per heavy atom. The van der Waals surface area contributed by atoms with E-state index < -0.39 is 0 Å². The van der Waals surface area contributed by atoms with Crippen molar-refractivity contribution in [2.24, 2.45) is 0 Å². The van der Waals surface area contributed by atoms with Gasteiger partial charge in [0.05, 0.1) is 19.0 Å². The monoisotopic (exact) mass is 295 g/mol. The molecule has 0 radical (unpaired) electrons. The molecule has 20 heavy (non-hydrogen) atoms. The average molecular weight is 296 g/mol. The van der Waals surface area contributed by atoms with Crippen molar-refractivity contribution in [3.05, 3.63) is 23.7 Å². The number of methoxy groups -OCH3 is 1. The van der Waals surface area contributed by atoms with Gasteiger partial charge >= 0.3 is 0 Å². The minimum atomic E-state index is -0.306. The topological polar surface area (TPSA) is 49.2 Å². The van der Waals surface area contributed by atoms with Gasteiger partial charge in [0, 0.05) is 26.3 Å². The summed E-state index contributed by atoms with van der Waals surface area (Å²) in [6, 6.07) is 1.96. The Balaban J connectivity index is 2.08. The van der Waals surface area contributed by atoms with Crippen LogP contribution in [0.25, 0.3) is 11.2 Å². The van der Waals surface area contributed by atoms with E-state index in [-0.39, 0.29) is 5.60 Å². The van der Waals surface area contributed by atoms with E-state index in [0.29, 0.717) is 19.0 Å². The molecule has 2 aromatic rings. The maximum absolute atomic E-state index is 6.05. The van der Waals surface area contributed by atoms with Crippen LogP contribution >= 0.6 is 11.6 Å². The van der Waals surface area contributed by atoms with E-state index in [0.717, 1.165) is 35.6 Å². The van der Waals surface area contributed by atoms with Crippen LogP contribution in [-0.4, -0.2) is 40.5 Å². The first-order valence-corrected chi connectivity index (χ1v) is 7.22. The zero-order chi connectivity index (χ0) is 14.2. The second-order valence-electron chi connectivity index (χ2n) is 5.24. The minimum Gasteiger partial charge on any atom is -0.378 e. The van der Waals surface area contributed by atoms with E-state index in [1.807, 2.05) is 13.0 Å². The summed E-state index contributed by atoms with van der Waals surface area (Å²) in [6.45, 7) is 4.02. The number of ether oxygens (including phenoxy) is 2. The van der Waals surface area contributed by atoms with Crippen molar-refractivity contribution < 1.29 is 9.47 Å². The van der Waals surface area contributed by atoms with Gasteiger partial charge in [-0.3, -0.25) is 0 Å². The molecule has 0 N–H and O–H groups in total. The lowest BCUT2D eigenvalue weighted by Crippen LogP contribution is -2.37. The van der Waals surface area contributed by atoms with Crippen molar-refractivity contribution in [3.63, 3.8) is 0 Å². The Labute approximate surface area is 122 Å². The summed E-state index contributed by atoms with van der Waals surface area (Å²) in [7, 11) is 1.73. The fourth-order valence-corrected chi connectivity index (χ4v) is 2.88. The van der Waals surface area contributed by atoms with Crippen LogP contribution in [-0.2, 0) is 21.9 Å². The average Bonchev–Trinajstić information content (AvgIpc) is 3.06. The summed E-state index contributed by atoms with van der Waals surface area (Å²) in [6.07, 6.45) is 2.68. The molecule has 108 valence electrons. The van der Waals surface area contributed by atoms with Crippen molar-refractivity contribution in [3.8, 4) is 0 Å². The molecule has 1 unspecified atom stereocenters. The molecule has 6 heteroatoms. The summed E-state index contributed by atoms with van der Waals surface area (Å²) in [5.74, 6) is 1.18. The second kappa shape index (κ2) is 5.31. The fraction of sp³-hybridized carbons (Fsp3) is 0.571. The zero-order valence-electron chi connectivity index (χ0n) is 11.7. The molecule has 1 aliphatic heterocycles. The van der Waals surface area contributed by atoms with E-state index in [2.05, 4.69) is 14.5 Å². The second-order valence-corrected chi connectivity index (χ2v) is 5.50. The Bertz CT molecular complexity index is 620. The molecule has 0 bridgehead atoms. The Morgan fingerprint density at radius 3 is 3.05 bits per heavy atom. The molecule has 0 spiro atoms. The molecule has 0 aromatic carbocycles. The van der Waals surface area contributed by atoms with Gasteiger partial charge in [0.2, 0.25) is 0 Å². The van der Waals surface area contributed by atoms with E-state index in [1.54, 1.807) is 13.3 Å². The molecule has 3 rings (SSSR count).